The third kappa shape index (κ3) is 3.43. The minimum Gasteiger partial charge on any atom is -0.452 e. The molecule has 1 aliphatic heterocycles. The summed E-state index contributed by atoms with van der Waals surface area (Å²) in [4.78, 5) is 13.8. The lowest BCUT2D eigenvalue weighted by molar-refractivity contribution is -0.120. The molecule has 1 amide bonds. The number of halogens is 3. The Kier molecular flexibility index (Phi) is 5.15. The van der Waals surface area contributed by atoms with Crippen LogP contribution in [0.5, 0.6) is 11.5 Å². The maximum Gasteiger partial charge on any atom is 0.244 e. The number of aliphatic hydroxyl groups excluding tert-OH is 1. The van der Waals surface area contributed by atoms with Crippen LogP contribution in [0.1, 0.15) is 5.56 Å². The molecule has 1 heterocycles. The van der Waals surface area contributed by atoms with Crippen molar-refractivity contribution in [2.24, 2.45) is 5.73 Å². The van der Waals surface area contributed by atoms with Gasteiger partial charge in [0.25, 0.3) is 0 Å². The number of rotatable bonds is 4. The van der Waals surface area contributed by atoms with Crippen LogP contribution >= 0.6 is 23.2 Å². The molecule has 132 valence electrons. The summed E-state index contributed by atoms with van der Waals surface area (Å²) in [6, 6.07) is 6.34. The first-order valence-corrected chi connectivity index (χ1v) is 8.30. The number of hydrogen-bond acceptors (Lipinski definition) is 4. The molecule has 5 nitrogen and oxygen atoms in total. The normalized spacial score (nSPS) is 16.8. The molecule has 0 saturated heterocycles. The lowest BCUT2D eigenvalue weighted by Crippen LogP contribution is -2.50. The van der Waals surface area contributed by atoms with Gasteiger partial charge in [0.05, 0.1) is 28.4 Å². The molecular weight excluding hydrogens is 370 g/mol. The summed E-state index contributed by atoms with van der Waals surface area (Å²) in [7, 11) is 0. The van der Waals surface area contributed by atoms with Crippen LogP contribution in [-0.2, 0) is 11.2 Å². The van der Waals surface area contributed by atoms with Crippen molar-refractivity contribution < 1.29 is 19.0 Å². The van der Waals surface area contributed by atoms with E-state index in [-0.39, 0.29) is 40.6 Å². The van der Waals surface area contributed by atoms with Gasteiger partial charge in [-0.25, -0.2) is 4.39 Å². The molecule has 0 spiro atoms. The number of nitrogens with zero attached hydrogens (tertiary/aromatic N) is 1. The molecule has 0 aromatic heterocycles. The Morgan fingerprint density at radius 1 is 1.28 bits per heavy atom. The lowest BCUT2D eigenvalue weighted by Gasteiger charge is -2.34. The Balaban J connectivity index is 2.13. The zero-order chi connectivity index (χ0) is 18.1. The van der Waals surface area contributed by atoms with E-state index < -0.39 is 11.9 Å². The molecule has 3 N–H and O–H groups in total. The van der Waals surface area contributed by atoms with Crippen LogP contribution in [0.15, 0.2) is 30.3 Å². The molecule has 1 atom stereocenters. The Bertz CT molecular complexity index is 832. The third-order valence-electron chi connectivity index (χ3n) is 3.89. The van der Waals surface area contributed by atoms with Crippen molar-refractivity contribution >= 4 is 34.8 Å². The molecule has 25 heavy (non-hydrogen) atoms. The van der Waals surface area contributed by atoms with E-state index in [1.807, 2.05) is 0 Å². The highest BCUT2D eigenvalue weighted by Gasteiger charge is 2.34. The summed E-state index contributed by atoms with van der Waals surface area (Å²) in [5, 5.41) is 9.72. The van der Waals surface area contributed by atoms with Gasteiger partial charge in [-0.15, -0.1) is 0 Å². The first kappa shape index (κ1) is 17.9. The SMILES string of the molecule is N[C@@H]1Cc2ccc(Cl)c(Oc3cc(F)ccc3Cl)c2N(CCO)C1=O. The fourth-order valence-corrected chi connectivity index (χ4v) is 3.11. The van der Waals surface area contributed by atoms with Crippen LogP contribution in [-0.4, -0.2) is 30.2 Å². The summed E-state index contributed by atoms with van der Waals surface area (Å²) < 4.78 is 19.3. The zero-order valence-corrected chi connectivity index (χ0v) is 14.5. The first-order chi connectivity index (χ1) is 11.9. The van der Waals surface area contributed by atoms with Crippen LogP contribution in [0.4, 0.5) is 10.1 Å². The first-order valence-electron chi connectivity index (χ1n) is 7.54. The lowest BCUT2D eigenvalue weighted by atomic mass is 9.97. The number of β-amino-alcohol motifs (C(OH)–C–C–N with tert-alkyl or cyclic N) is 1. The molecular formula is C17H15Cl2FN2O3. The summed E-state index contributed by atoms with van der Waals surface area (Å²) in [6.45, 7) is -0.225. The summed E-state index contributed by atoms with van der Waals surface area (Å²) in [6.07, 6.45) is 0.306. The molecule has 0 unspecified atom stereocenters. The van der Waals surface area contributed by atoms with Gasteiger partial charge >= 0.3 is 0 Å². The number of carbonyl (C=O) groups excluding carboxylic acids is 1. The number of benzene rings is 2. The van der Waals surface area contributed by atoms with E-state index in [4.69, 9.17) is 33.7 Å². The number of aliphatic hydroxyl groups is 1. The Morgan fingerprint density at radius 3 is 2.72 bits per heavy atom. The smallest absolute Gasteiger partial charge is 0.244 e. The van der Waals surface area contributed by atoms with Crippen molar-refractivity contribution in [3.05, 3.63) is 51.8 Å². The van der Waals surface area contributed by atoms with Crippen LogP contribution in [0.3, 0.4) is 0 Å². The average Bonchev–Trinajstić information content (AvgIpc) is 2.58. The largest absolute Gasteiger partial charge is 0.452 e. The topological polar surface area (TPSA) is 75.8 Å². The molecule has 0 fully saturated rings. The van der Waals surface area contributed by atoms with Gasteiger partial charge in [0.2, 0.25) is 5.91 Å². The van der Waals surface area contributed by atoms with Gasteiger partial charge in [0.15, 0.2) is 5.75 Å². The molecule has 1 aliphatic rings. The van der Waals surface area contributed by atoms with Crippen LogP contribution < -0.4 is 15.4 Å². The molecule has 0 saturated carbocycles. The highest BCUT2D eigenvalue weighted by Crippen LogP contribution is 2.44. The van der Waals surface area contributed by atoms with Gasteiger partial charge in [0, 0.05) is 12.6 Å². The van der Waals surface area contributed by atoms with Crippen molar-refractivity contribution in [3.63, 3.8) is 0 Å². The number of nitrogens with two attached hydrogens (primary N) is 1. The monoisotopic (exact) mass is 384 g/mol. The van der Waals surface area contributed by atoms with E-state index in [0.717, 1.165) is 11.6 Å². The fraction of sp³-hybridized carbons (Fsp3) is 0.235. The number of amides is 1. The van der Waals surface area contributed by atoms with Crippen molar-refractivity contribution in [1.29, 1.82) is 0 Å². The van der Waals surface area contributed by atoms with Gasteiger partial charge in [-0.1, -0.05) is 29.3 Å². The second-order valence-corrected chi connectivity index (χ2v) is 6.40. The minimum atomic E-state index is -0.717. The number of fused-ring (bicyclic) bond motifs is 1. The highest BCUT2D eigenvalue weighted by atomic mass is 35.5. The molecule has 3 rings (SSSR count). The predicted octanol–water partition coefficient (Wildman–Crippen LogP) is 3.13. The molecule has 0 aliphatic carbocycles. The fourth-order valence-electron chi connectivity index (χ4n) is 2.77. The van der Waals surface area contributed by atoms with Gasteiger partial charge in [-0.2, -0.15) is 0 Å². The molecule has 2 aromatic carbocycles. The molecule has 0 bridgehead atoms. The number of ether oxygens (including phenoxy) is 1. The maximum atomic E-state index is 13.5. The maximum absolute atomic E-state index is 13.5. The van der Waals surface area contributed by atoms with Crippen molar-refractivity contribution in [3.8, 4) is 11.5 Å². The van der Waals surface area contributed by atoms with E-state index in [1.54, 1.807) is 12.1 Å². The molecule has 8 heteroatoms. The van der Waals surface area contributed by atoms with E-state index in [1.165, 1.54) is 17.0 Å². The summed E-state index contributed by atoms with van der Waals surface area (Å²) in [5.74, 6) is -0.631. The van der Waals surface area contributed by atoms with Gasteiger partial charge in [0.1, 0.15) is 11.6 Å². The third-order valence-corrected chi connectivity index (χ3v) is 4.50. The standard InChI is InChI=1S/C17H15Cl2FN2O3/c18-11-4-2-10(20)8-14(11)25-16-12(19)3-1-9-7-13(21)17(24)22(5-6-23)15(9)16/h1-4,8,13,23H,5-7,21H2/t13-/m1/s1. The predicted molar refractivity (Wildman–Crippen MR) is 94.1 cm³/mol. The molecule has 0 radical (unpaired) electrons. The average molecular weight is 385 g/mol. The molecule has 2 aromatic rings. The summed E-state index contributed by atoms with van der Waals surface area (Å²) >= 11 is 12.3. The Hall–Kier alpha value is -1.86. The van der Waals surface area contributed by atoms with Gasteiger partial charge in [-0.05, 0) is 30.2 Å². The zero-order valence-electron chi connectivity index (χ0n) is 13.0. The van der Waals surface area contributed by atoms with E-state index in [2.05, 4.69) is 0 Å². The van der Waals surface area contributed by atoms with Crippen molar-refractivity contribution in [2.45, 2.75) is 12.5 Å². The minimum absolute atomic E-state index is 0.0348. The number of anilines is 1. The second kappa shape index (κ2) is 7.17. The highest BCUT2D eigenvalue weighted by molar-refractivity contribution is 6.33. The van der Waals surface area contributed by atoms with Crippen LogP contribution in [0.2, 0.25) is 10.0 Å². The van der Waals surface area contributed by atoms with Crippen molar-refractivity contribution in [1.82, 2.24) is 0 Å². The Labute approximate surface area is 153 Å². The number of hydrogen-bond donors (Lipinski definition) is 2. The van der Waals surface area contributed by atoms with Gasteiger partial charge in [-0.3, -0.25) is 4.79 Å². The quantitative estimate of drug-likeness (QED) is 0.848. The van der Waals surface area contributed by atoms with E-state index >= 15 is 0 Å². The second-order valence-electron chi connectivity index (χ2n) is 5.59. The van der Waals surface area contributed by atoms with E-state index in [9.17, 15) is 14.3 Å². The number of carbonyl (C=O) groups is 1. The summed E-state index contributed by atoms with van der Waals surface area (Å²) in [5.41, 5.74) is 7.03. The van der Waals surface area contributed by atoms with Gasteiger partial charge < -0.3 is 20.5 Å². The Morgan fingerprint density at radius 2 is 2.00 bits per heavy atom. The van der Waals surface area contributed by atoms with Crippen LogP contribution in [0, 0.1) is 5.82 Å². The van der Waals surface area contributed by atoms with Crippen molar-refractivity contribution in [2.75, 3.05) is 18.1 Å². The van der Waals surface area contributed by atoms with E-state index in [0.29, 0.717) is 12.1 Å². The van der Waals surface area contributed by atoms with Crippen LogP contribution in [0.25, 0.3) is 0 Å².